The maximum atomic E-state index is 11.6. The van der Waals surface area contributed by atoms with Crippen molar-refractivity contribution >= 4 is 9.73 Å². The van der Waals surface area contributed by atoms with Gasteiger partial charge >= 0.3 is 0 Å². The van der Waals surface area contributed by atoms with Crippen molar-refractivity contribution < 1.29 is 4.21 Å². The molecule has 0 aliphatic carbocycles. The molecule has 0 aliphatic rings. The fourth-order valence-corrected chi connectivity index (χ4v) is 2.51. The first kappa shape index (κ1) is 10.7. The Bertz CT molecular complexity index is 241. The van der Waals surface area contributed by atoms with Crippen LogP contribution in [-0.2, 0) is 9.73 Å². The molecule has 0 saturated heterocycles. The first-order valence-corrected chi connectivity index (χ1v) is 5.68. The van der Waals surface area contributed by atoms with Gasteiger partial charge in [-0.2, -0.15) is 0 Å². The molecule has 3 heteroatoms. The van der Waals surface area contributed by atoms with E-state index < -0.39 is 9.73 Å². The van der Waals surface area contributed by atoms with Gasteiger partial charge in [-0.05, 0) is 20.8 Å². The molecular weight excluding hydrogens is 158 g/mol. The minimum absolute atomic E-state index is 0.213. The van der Waals surface area contributed by atoms with Gasteiger partial charge in [0, 0.05) is 21.7 Å². The summed E-state index contributed by atoms with van der Waals surface area (Å²) < 4.78 is 15.8. The van der Waals surface area contributed by atoms with Crippen molar-refractivity contribution in [1.29, 1.82) is 0 Å². The van der Waals surface area contributed by atoms with Crippen molar-refractivity contribution in [3.63, 3.8) is 0 Å². The van der Waals surface area contributed by atoms with Crippen LogP contribution in [0.5, 0.6) is 0 Å². The molecule has 66 valence electrons. The summed E-state index contributed by atoms with van der Waals surface area (Å²) in [5, 5.41) is 0. The van der Waals surface area contributed by atoms with E-state index in [1.54, 1.807) is 12.3 Å². The average Bonchev–Trinajstić information content (AvgIpc) is 1.55. The van der Waals surface area contributed by atoms with E-state index in [4.69, 9.17) is 0 Å². The van der Waals surface area contributed by atoms with Gasteiger partial charge in [0.25, 0.3) is 0 Å². The van der Waals surface area contributed by atoms with Crippen LogP contribution in [0.2, 0.25) is 0 Å². The Morgan fingerprint density at radius 1 is 1.55 bits per heavy atom. The van der Waals surface area contributed by atoms with Gasteiger partial charge in [-0.15, -0.1) is 6.58 Å². The molecule has 0 N–H and O–H groups in total. The third-order valence-corrected chi connectivity index (χ3v) is 2.68. The number of nitrogens with zero attached hydrogens (tertiary/aromatic N) is 1. The maximum Gasteiger partial charge on any atom is 0.0618 e. The van der Waals surface area contributed by atoms with Crippen LogP contribution >= 0.6 is 0 Å². The van der Waals surface area contributed by atoms with Crippen molar-refractivity contribution in [3.05, 3.63) is 12.7 Å². The molecule has 0 spiro atoms. The Kier molecular flexibility index (Phi) is 3.30. The molecule has 0 rings (SSSR count). The van der Waals surface area contributed by atoms with E-state index in [1.807, 2.05) is 20.8 Å². The second kappa shape index (κ2) is 3.39. The highest BCUT2D eigenvalue weighted by Crippen LogP contribution is 2.10. The van der Waals surface area contributed by atoms with E-state index in [-0.39, 0.29) is 5.54 Å². The Morgan fingerprint density at radius 3 is 2.27 bits per heavy atom. The lowest BCUT2D eigenvalue weighted by atomic mass is 10.1. The second-order valence-electron chi connectivity index (χ2n) is 3.68. The largest absolute Gasteiger partial charge is 0.250 e. The molecule has 0 fully saturated rings. The Labute approximate surface area is 69.9 Å². The molecule has 0 amide bonds. The van der Waals surface area contributed by atoms with E-state index in [9.17, 15) is 4.21 Å². The van der Waals surface area contributed by atoms with Gasteiger partial charge in [-0.3, -0.25) is 0 Å². The summed E-state index contributed by atoms with van der Waals surface area (Å²) in [4.78, 5) is 0. The fourth-order valence-electron chi connectivity index (χ4n) is 0.835. The highest BCUT2D eigenvalue weighted by atomic mass is 32.2. The summed E-state index contributed by atoms with van der Waals surface area (Å²) in [7, 11) is -2.03. The number of hydrogen-bond donors (Lipinski definition) is 0. The molecule has 1 unspecified atom stereocenters. The first-order valence-electron chi connectivity index (χ1n) is 3.59. The summed E-state index contributed by atoms with van der Waals surface area (Å²) in [6, 6.07) is 0. The zero-order chi connectivity index (χ0) is 9.12. The molecule has 0 aliphatic heterocycles. The number of hydrogen-bond acceptors (Lipinski definition) is 2. The molecule has 0 bridgehead atoms. The van der Waals surface area contributed by atoms with Gasteiger partial charge in [0.05, 0.1) is 5.54 Å². The molecule has 0 aromatic carbocycles. The minimum atomic E-state index is -2.03. The van der Waals surface area contributed by atoms with Crippen LogP contribution in [0.3, 0.4) is 0 Å². The molecule has 0 aromatic heterocycles. The van der Waals surface area contributed by atoms with Gasteiger partial charge in [0.1, 0.15) is 0 Å². The summed E-state index contributed by atoms with van der Waals surface area (Å²) in [5.74, 6) is 0.476. The van der Waals surface area contributed by atoms with Crippen molar-refractivity contribution in [2.24, 2.45) is 4.36 Å². The molecule has 0 saturated carbocycles. The fraction of sp³-hybridized carbons (Fsp3) is 0.750. The highest BCUT2D eigenvalue weighted by molar-refractivity contribution is 7.93. The lowest BCUT2D eigenvalue weighted by molar-refractivity contribution is 0.582. The monoisotopic (exact) mass is 175 g/mol. The van der Waals surface area contributed by atoms with Gasteiger partial charge < -0.3 is 0 Å². The van der Waals surface area contributed by atoms with Crippen LogP contribution in [-0.4, -0.2) is 21.8 Å². The lowest BCUT2D eigenvalue weighted by Crippen LogP contribution is -2.14. The van der Waals surface area contributed by atoms with Crippen molar-refractivity contribution in [1.82, 2.24) is 0 Å². The van der Waals surface area contributed by atoms with Gasteiger partial charge in [-0.25, -0.2) is 8.57 Å². The third kappa shape index (κ3) is 6.10. The first-order chi connectivity index (χ1) is 4.77. The van der Waals surface area contributed by atoms with Crippen LogP contribution in [0, 0.1) is 0 Å². The maximum absolute atomic E-state index is 11.6. The second-order valence-corrected chi connectivity index (χ2v) is 6.11. The number of rotatable bonds is 2. The van der Waals surface area contributed by atoms with Crippen LogP contribution in [0.1, 0.15) is 20.8 Å². The summed E-state index contributed by atoms with van der Waals surface area (Å²) in [6.07, 6.45) is 3.32. The van der Waals surface area contributed by atoms with Crippen LogP contribution in [0.15, 0.2) is 17.0 Å². The average molecular weight is 175 g/mol. The van der Waals surface area contributed by atoms with Gasteiger partial charge in [0.15, 0.2) is 0 Å². The molecule has 11 heavy (non-hydrogen) atoms. The topological polar surface area (TPSA) is 29.4 Å². The molecule has 2 nitrogen and oxygen atoms in total. The quantitative estimate of drug-likeness (QED) is 0.591. The van der Waals surface area contributed by atoms with E-state index in [1.165, 1.54) is 0 Å². The molecular formula is C8H17NOS. The summed E-state index contributed by atoms with van der Waals surface area (Å²) in [6.45, 7) is 9.37. The highest BCUT2D eigenvalue weighted by Gasteiger charge is 2.10. The predicted molar refractivity (Wildman–Crippen MR) is 51.3 cm³/mol. The summed E-state index contributed by atoms with van der Waals surface area (Å²) >= 11 is 0. The molecule has 0 heterocycles. The van der Waals surface area contributed by atoms with E-state index in [0.717, 1.165) is 0 Å². The zero-order valence-electron chi connectivity index (χ0n) is 7.76. The predicted octanol–water partition coefficient (Wildman–Crippen LogP) is 2.07. The van der Waals surface area contributed by atoms with E-state index in [2.05, 4.69) is 10.9 Å². The van der Waals surface area contributed by atoms with Crippen molar-refractivity contribution in [2.75, 3.05) is 12.0 Å². The SMILES string of the molecule is C=CCS(C)(=O)=NC(C)(C)C. The minimum Gasteiger partial charge on any atom is -0.250 e. The molecule has 0 aromatic rings. The third-order valence-electron chi connectivity index (χ3n) is 0.894. The van der Waals surface area contributed by atoms with E-state index >= 15 is 0 Å². The van der Waals surface area contributed by atoms with Gasteiger partial charge in [0.2, 0.25) is 0 Å². The Morgan fingerprint density at radius 2 is 2.00 bits per heavy atom. The van der Waals surface area contributed by atoms with Crippen molar-refractivity contribution in [2.45, 2.75) is 26.3 Å². The smallest absolute Gasteiger partial charge is 0.0618 e. The normalized spacial score (nSPS) is 17.1. The Hall–Kier alpha value is -0.310. The Balaban J connectivity index is 4.67. The van der Waals surface area contributed by atoms with Crippen LogP contribution < -0.4 is 0 Å². The standard InChI is InChI=1S/C8H17NOS/c1-6-7-11(5,10)9-8(2,3)4/h6H,1,7H2,2-5H3. The lowest BCUT2D eigenvalue weighted by Gasteiger charge is -2.13. The van der Waals surface area contributed by atoms with Crippen LogP contribution in [0.4, 0.5) is 0 Å². The van der Waals surface area contributed by atoms with Crippen LogP contribution in [0.25, 0.3) is 0 Å². The molecule has 1 atom stereocenters. The van der Waals surface area contributed by atoms with Crippen molar-refractivity contribution in [3.8, 4) is 0 Å². The van der Waals surface area contributed by atoms with Gasteiger partial charge in [-0.1, -0.05) is 6.08 Å². The zero-order valence-corrected chi connectivity index (χ0v) is 8.57. The molecule has 0 radical (unpaired) electrons. The van der Waals surface area contributed by atoms with E-state index in [0.29, 0.717) is 5.75 Å². The summed E-state index contributed by atoms with van der Waals surface area (Å²) in [5.41, 5.74) is -0.213.